The van der Waals surface area contributed by atoms with Crippen LogP contribution >= 0.6 is 0 Å². The molecule has 1 heterocycles. The third-order valence-electron chi connectivity index (χ3n) is 2.01. The van der Waals surface area contributed by atoms with E-state index in [4.69, 9.17) is 0 Å². The number of nitro groups is 1. The first-order chi connectivity index (χ1) is 6.68. The van der Waals surface area contributed by atoms with Crippen LogP contribution in [-0.2, 0) is 0 Å². The standard InChI is InChI=1S/C9H6N2O3/c12-9-5-10-4-6-3-7(11(13)14)1-2-8(6)9/h1-4H,5H2. The Morgan fingerprint density at radius 2 is 2.21 bits per heavy atom. The van der Waals surface area contributed by atoms with E-state index in [0.717, 1.165) is 0 Å². The number of hydrogen-bond donors (Lipinski definition) is 0. The van der Waals surface area contributed by atoms with E-state index in [-0.39, 0.29) is 18.0 Å². The highest BCUT2D eigenvalue weighted by Gasteiger charge is 2.16. The Bertz CT molecular complexity index is 451. The summed E-state index contributed by atoms with van der Waals surface area (Å²) in [4.78, 5) is 25.0. The smallest absolute Gasteiger partial charge is 0.270 e. The van der Waals surface area contributed by atoms with E-state index in [1.807, 2.05) is 0 Å². The van der Waals surface area contributed by atoms with Gasteiger partial charge in [0.2, 0.25) is 0 Å². The van der Waals surface area contributed by atoms with E-state index in [0.29, 0.717) is 11.1 Å². The van der Waals surface area contributed by atoms with Crippen molar-refractivity contribution in [3.8, 4) is 0 Å². The van der Waals surface area contributed by atoms with E-state index in [1.54, 1.807) is 0 Å². The van der Waals surface area contributed by atoms with E-state index in [1.165, 1.54) is 24.4 Å². The molecular weight excluding hydrogens is 184 g/mol. The largest absolute Gasteiger partial charge is 0.292 e. The van der Waals surface area contributed by atoms with Crippen LogP contribution in [0.3, 0.4) is 0 Å². The lowest BCUT2D eigenvalue weighted by molar-refractivity contribution is -0.384. The van der Waals surface area contributed by atoms with Crippen LogP contribution in [0, 0.1) is 10.1 Å². The predicted octanol–water partition coefficient (Wildman–Crippen LogP) is 1.21. The Morgan fingerprint density at radius 3 is 2.93 bits per heavy atom. The molecular formula is C9H6N2O3. The molecule has 0 spiro atoms. The Kier molecular flexibility index (Phi) is 1.85. The SMILES string of the molecule is O=C1CN=Cc2cc([N+](=O)[O-])ccc21. The number of hydrogen-bond acceptors (Lipinski definition) is 4. The molecule has 0 aromatic heterocycles. The van der Waals surface area contributed by atoms with Gasteiger partial charge in [0.15, 0.2) is 5.78 Å². The molecule has 2 rings (SSSR count). The zero-order valence-corrected chi connectivity index (χ0v) is 7.14. The van der Waals surface area contributed by atoms with E-state index in [2.05, 4.69) is 4.99 Å². The number of Topliss-reactive ketones (excluding diaryl/α,β-unsaturated/α-hetero) is 1. The van der Waals surface area contributed by atoms with Crippen molar-refractivity contribution in [2.24, 2.45) is 4.99 Å². The van der Waals surface area contributed by atoms with Gasteiger partial charge in [0.05, 0.1) is 4.92 Å². The second-order valence-corrected chi connectivity index (χ2v) is 2.92. The van der Waals surface area contributed by atoms with Gasteiger partial charge in [-0.25, -0.2) is 0 Å². The summed E-state index contributed by atoms with van der Waals surface area (Å²) in [6, 6.07) is 4.16. The van der Waals surface area contributed by atoms with Gasteiger partial charge in [-0.15, -0.1) is 0 Å². The topological polar surface area (TPSA) is 72.6 Å². The number of ketones is 1. The molecule has 0 saturated heterocycles. The van der Waals surface area contributed by atoms with Gasteiger partial charge >= 0.3 is 0 Å². The molecule has 1 aromatic carbocycles. The maximum atomic E-state index is 11.3. The summed E-state index contributed by atoms with van der Waals surface area (Å²) in [6.45, 7) is 0.130. The fourth-order valence-corrected chi connectivity index (χ4v) is 1.34. The van der Waals surface area contributed by atoms with Crippen molar-refractivity contribution < 1.29 is 9.72 Å². The number of fused-ring (bicyclic) bond motifs is 1. The average molecular weight is 190 g/mol. The molecule has 1 aliphatic rings. The second kappa shape index (κ2) is 3.02. The van der Waals surface area contributed by atoms with E-state index >= 15 is 0 Å². The van der Waals surface area contributed by atoms with Crippen LogP contribution in [0.5, 0.6) is 0 Å². The zero-order valence-electron chi connectivity index (χ0n) is 7.14. The minimum absolute atomic E-state index is 0.0232. The fraction of sp³-hybridized carbons (Fsp3) is 0.111. The minimum atomic E-state index is -0.493. The van der Waals surface area contributed by atoms with Crippen LogP contribution in [0.15, 0.2) is 23.2 Å². The number of carbonyl (C=O) groups is 1. The summed E-state index contributed by atoms with van der Waals surface area (Å²) in [5.74, 6) is -0.0996. The van der Waals surface area contributed by atoms with Crippen LogP contribution in [0.25, 0.3) is 0 Å². The molecule has 0 aliphatic carbocycles. The maximum Gasteiger partial charge on any atom is 0.270 e. The molecule has 0 saturated carbocycles. The molecule has 0 radical (unpaired) electrons. The fourth-order valence-electron chi connectivity index (χ4n) is 1.34. The van der Waals surface area contributed by atoms with E-state index in [9.17, 15) is 14.9 Å². The van der Waals surface area contributed by atoms with Crippen molar-refractivity contribution in [3.05, 3.63) is 39.4 Å². The highest BCUT2D eigenvalue weighted by atomic mass is 16.6. The highest BCUT2D eigenvalue weighted by Crippen LogP contribution is 2.19. The summed E-state index contributed by atoms with van der Waals surface area (Å²) in [5.41, 5.74) is 1.01. The summed E-state index contributed by atoms with van der Waals surface area (Å²) < 4.78 is 0. The monoisotopic (exact) mass is 190 g/mol. The van der Waals surface area contributed by atoms with Crippen molar-refractivity contribution in [1.82, 2.24) is 0 Å². The van der Waals surface area contributed by atoms with E-state index < -0.39 is 4.92 Å². The van der Waals surface area contributed by atoms with Gasteiger partial charge in [0.25, 0.3) is 5.69 Å². The first-order valence-corrected chi connectivity index (χ1v) is 4.00. The lowest BCUT2D eigenvalue weighted by atomic mass is 10.0. The molecule has 0 bridgehead atoms. The summed E-state index contributed by atoms with van der Waals surface area (Å²) in [5, 5.41) is 10.4. The van der Waals surface area contributed by atoms with Crippen molar-refractivity contribution >= 4 is 17.7 Å². The molecule has 0 atom stereocenters. The summed E-state index contributed by atoms with van der Waals surface area (Å²) in [7, 11) is 0. The first kappa shape index (κ1) is 8.55. The first-order valence-electron chi connectivity index (χ1n) is 4.00. The number of benzene rings is 1. The van der Waals surface area contributed by atoms with Crippen molar-refractivity contribution in [1.29, 1.82) is 0 Å². The third-order valence-corrected chi connectivity index (χ3v) is 2.01. The molecule has 0 fully saturated rings. The highest BCUT2D eigenvalue weighted by molar-refractivity contribution is 6.08. The van der Waals surface area contributed by atoms with Gasteiger partial charge in [0.1, 0.15) is 6.54 Å². The number of non-ortho nitro benzene ring substituents is 1. The van der Waals surface area contributed by atoms with Gasteiger partial charge < -0.3 is 0 Å². The van der Waals surface area contributed by atoms with Gasteiger partial charge in [-0.1, -0.05) is 0 Å². The number of rotatable bonds is 1. The lowest BCUT2D eigenvalue weighted by Gasteiger charge is -2.07. The maximum absolute atomic E-state index is 11.3. The van der Waals surface area contributed by atoms with Crippen molar-refractivity contribution in [3.63, 3.8) is 0 Å². The molecule has 1 aromatic rings. The van der Waals surface area contributed by atoms with Crippen LogP contribution in [0.1, 0.15) is 15.9 Å². The molecule has 1 aliphatic heterocycles. The molecule has 0 N–H and O–H groups in total. The van der Waals surface area contributed by atoms with Crippen LogP contribution in [0.4, 0.5) is 5.69 Å². The van der Waals surface area contributed by atoms with Crippen molar-refractivity contribution in [2.45, 2.75) is 0 Å². The Morgan fingerprint density at radius 1 is 1.43 bits per heavy atom. The minimum Gasteiger partial charge on any atom is -0.292 e. The molecule has 5 nitrogen and oxygen atoms in total. The Labute approximate surface area is 79.2 Å². The lowest BCUT2D eigenvalue weighted by Crippen LogP contribution is -2.12. The molecule has 70 valence electrons. The van der Waals surface area contributed by atoms with Crippen LogP contribution < -0.4 is 0 Å². The second-order valence-electron chi connectivity index (χ2n) is 2.92. The summed E-state index contributed by atoms with van der Waals surface area (Å²) >= 11 is 0. The van der Waals surface area contributed by atoms with Gasteiger partial charge in [0, 0.05) is 29.5 Å². The molecule has 0 unspecified atom stereocenters. The zero-order chi connectivity index (χ0) is 10.1. The predicted molar refractivity (Wildman–Crippen MR) is 49.9 cm³/mol. The number of aliphatic imine (C=N–C) groups is 1. The molecule has 14 heavy (non-hydrogen) atoms. The third kappa shape index (κ3) is 1.28. The summed E-state index contributed by atoms with van der Waals surface area (Å²) in [6.07, 6.45) is 1.49. The Hall–Kier alpha value is -2.04. The van der Waals surface area contributed by atoms with Gasteiger partial charge in [-0.2, -0.15) is 0 Å². The Balaban J connectivity index is 2.56. The quantitative estimate of drug-likeness (QED) is 0.493. The van der Waals surface area contributed by atoms with Crippen molar-refractivity contribution in [2.75, 3.05) is 6.54 Å². The molecule has 0 amide bonds. The van der Waals surface area contributed by atoms with Gasteiger partial charge in [-0.3, -0.25) is 19.9 Å². The van der Waals surface area contributed by atoms with Crippen LogP contribution in [0.2, 0.25) is 0 Å². The number of nitro benzene ring substituents is 1. The van der Waals surface area contributed by atoms with Gasteiger partial charge in [-0.05, 0) is 6.07 Å². The number of carbonyl (C=O) groups excluding carboxylic acids is 1. The normalized spacial score (nSPS) is 13.9. The van der Waals surface area contributed by atoms with Crippen LogP contribution in [-0.4, -0.2) is 23.5 Å². The average Bonchev–Trinajstić information content (AvgIpc) is 2.17. The molecule has 5 heteroatoms. The number of nitrogens with zero attached hydrogens (tertiary/aromatic N) is 2.